The van der Waals surface area contributed by atoms with Crippen LogP contribution in [-0.4, -0.2) is 10.1 Å². The van der Waals surface area contributed by atoms with Crippen LogP contribution in [0.5, 0.6) is 5.75 Å². The Hall–Kier alpha value is -3.07. The van der Waals surface area contributed by atoms with Gasteiger partial charge in [0.1, 0.15) is 11.6 Å². The standard InChI is InChI=1S/C20H14FNO/c21-18-12-19-15(9-10-22-19)11-17(18)14-7-5-13(6-8-14)16-3-1-2-4-20(16)23/h1-12,22-23H. The highest BCUT2D eigenvalue weighted by Crippen LogP contribution is 2.32. The lowest BCUT2D eigenvalue weighted by Gasteiger charge is -2.08. The first-order valence-electron chi connectivity index (χ1n) is 7.38. The van der Waals surface area contributed by atoms with Crippen LogP contribution in [0, 0.1) is 5.82 Å². The van der Waals surface area contributed by atoms with E-state index in [1.165, 1.54) is 6.07 Å². The Labute approximate surface area is 132 Å². The van der Waals surface area contributed by atoms with Gasteiger partial charge in [-0.25, -0.2) is 4.39 Å². The summed E-state index contributed by atoms with van der Waals surface area (Å²) in [6, 6.07) is 20.0. The van der Waals surface area contributed by atoms with Crippen LogP contribution in [0.4, 0.5) is 4.39 Å². The summed E-state index contributed by atoms with van der Waals surface area (Å²) in [5.74, 6) is -0.0181. The molecule has 0 amide bonds. The fourth-order valence-corrected chi connectivity index (χ4v) is 2.84. The maximum atomic E-state index is 14.3. The number of rotatable bonds is 2. The third kappa shape index (κ3) is 2.36. The van der Waals surface area contributed by atoms with Gasteiger partial charge in [-0.05, 0) is 35.4 Å². The van der Waals surface area contributed by atoms with E-state index < -0.39 is 0 Å². The molecule has 0 saturated heterocycles. The van der Waals surface area contributed by atoms with Crippen LogP contribution in [0.2, 0.25) is 0 Å². The second-order valence-corrected chi connectivity index (χ2v) is 5.49. The van der Waals surface area contributed by atoms with Crippen molar-refractivity contribution in [1.29, 1.82) is 0 Å². The van der Waals surface area contributed by atoms with Gasteiger partial charge in [-0.3, -0.25) is 0 Å². The molecule has 0 spiro atoms. The third-order valence-corrected chi connectivity index (χ3v) is 4.05. The average Bonchev–Trinajstić information content (AvgIpc) is 3.02. The van der Waals surface area contributed by atoms with Crippen molar-refractivity contribution in [2.75, 3.05) is 0 Å². The zero-order valence-electron chi connectivity index (χ0n) is 12.3. The third-order valence-electron chi connectivity index (χ3n) is 4.05. The number of phenolic OH excluding ortho intramolecular Hbond substituents is 1. The number of benzene rings is 3. The van der Waals surface area contributed by atoms with E-state index in [1.807, 2.05) is 48.5 Å². The van der Waals surface area contributed by atoms with E-state index >= 15 is 0 Å². The van der Waals surface area contributed by atoms with Gasteiger partial charge >= 0.3 is 0 Å². The van der Waals surface area contributed by atoms with Crippen molar-refractivity contribution in [3.05, 3.63) is 78.7 Å². The van der Waals surface area contributed by atoms with E-state index in [0.717, 1.165) is 27.6 Å². The Kier molecular flexibility index (Phi) is 3.12. The number of aromatic amines is 1. The number of phenols is 1. The van der Waals surface area contributed by atoms with E-state index in [1.54, 1.807) is 18.3 Å². The van der Waals surface area contributed by atoms with Gasteiger partial charge in [0.25, 0.3) is 0 Å². The lowest BCUT2D eigenvalue weighted by molar-refractivity contribution is 0.477. The van der Waals surface area contributed by atoms with E-state index in [9.17, 15) is 9.50 Å². The number of hydrogen-bond donors (Lipinski definition) is 2. The van der Waals surface area contributed by atoms with Crippen molar-refractivity contribution in [2.45, 2.75) is 0 Å². The quantitative estimate of drug-likeness (QED) is 0.514. The Morgan fingerprint density at radius 1 is 0.783 bits per heavy atom. The molecule has 2 nitrogen and oxygen atoms in total. The second kappa shape index (κ2) is 5.29. The molecule has 0 fully saturated rings. The summed E-state index contributed by atoms with van der Waals surface area (Å²) in [7, 11) is 0. The normalized spacial score (nSPS) is 11.0. The molecule has 0 aliphatic carbocycles. The fourth-order valence-electron chi connectivity index (χ4n) is 2.84. The summed E-state index contributed by atoms with van der Waals surface area (Å²) >= 11 is 0. The predicted molar refractivity (Wildman–Crippen MR) is 90.8 cm³/mol. The van der Waals surface area contributed by atoms with Crippen LogP contribution < -0.4 is 0 Å². The molecule has 4 rings (SSSR count). The predicted octanol–water partition coefficient (Wildman–Crippen LogP) is 5.35. The SMILES string of the molecule is Oc1ccccc1-c1ccc(-c2cc3cc[nH]c3cc2F)cc1. The molecular formula is C20H14FNO. The maximum Gasteiger partial charge on any atom is 0.133 e. The van der Waals surface area contributed by atoms with Gasteiger partial charge in [0.2, 0.25) is 0 Å². The summed E-state index contributed by atoms with van der Waals surface area (Å²) < 4.78 is 14.3. The minimum Gasteiger partial charge on any atom is -0.507 e. The second-order valence-electron chi connectivity index (χ2n) is 5.49. The lowest BCUT2D eigenvalue weighted by Crippen LogP contribution is -1.86. The topological polar surface area (TPSA) is 36.0 Å². The Morgan fingerprint density at radius 2 is 1.48 bits per heavy atom. The van der Waals surface area contributed by atoms with Gasteiger partial charge in [0.15, 0.2) is 0 Å². The Balaban J connectivity index is 1.78. The first kappa shape index (κ1) is 13.6. The molecule has 0 aliphatic heterocycles. The van der Waals surface area contributed by atoms with Gasteiger partial charge < -0.3 is 10.1 Å². The van der Waals surface area contributed by atoms with Crippen LogP contribution in [-0.2, 0) is 0 Å². The first-order chi connectivity index (χ1) is 11.2. The number of para-hydroxylation sites is 1. The smallest absolute Gasteiger partial charge is 0.133 e. The van der Waals surface area contributed by atoms with Gasteiger partial charge in [0, 0.05) is 28.2 Å². The molecule has 0 atom stereocenters. The number of aromatic nitrogens is 1. The molecule has 4 aromatic rings. The van der Waals surface area contributed by atoms with Gasteiger partial charge in [0.05, 0.1) is 0 Å². The molecule has 0 radical (unpaired) electrons. The van der Waals surface area contributed by atoms with Crippen molar-refractivity contribution >= 4 is 10.9 Å². The van der Waals surface area contributed by atoms with Gasteiger partial charge in [-0.2, -0.15) is 0 Å². The lowest BCUT2D eigenvalue weighted by atomic mass is 9.99. The van der Waals surface area contributed by atoms with Crippen molar-refractivity contribution in [1.82, 2.24) is 4.98 Å². The minimum atomic E-state index is -0.254. The molecule has 23 heavy (non-hydrogen) atoms. The highest BCUT2D eigenvalue weighted by atomic mass is 19.1. The van der Waals surface area contributed by atoms with Crippen LogP contribution in [0.1, 0.15) is 0 Å². The molecule has 1 heterocycles. The summed E-state index contributed by atoms with van der Waals surface area (Å²) in [6.45, 7) is 0. The zero-order valence-corrected chi connectivity index (χ0v) is 12.3. The van der Waals surface area contributed by atoms with E-state index in [4.69, 9.17) is 0 Å². The average molecular weight is 303 g/mol. The first-order valence-corrected chi connectivity index (χ1v) is 7.38. The van der Waals surface area contributed by atoms with Crippen LogP contribution in [0.25, 0.3) is 33.2 Å². The summed E-state index contributed by atoms with van der Waals surface area (Å²) in [5.41, 5.74) is 3.83. The van der Waals surface area contributed by atoms with E-state index in [-0.39, 0.29) is 11.6 Å². The number of halogens is 1. The molecule has 0 unspecified atom stereocenters. The van der Waals surface area contributed by atoms with E-state index in [2.05, 4.69) is 4.98 Å². The fraction of sp³-hybridized carbons (Fsp3) is 0. The molecule has 0 aliphatic rings. The minimum absolute atomic E-state index is 0.236. The Morgan fingerprint density at radius 3 is 2.22 bits per heavy atom. The number of H-pyrrole nitrogens is 1. The van der Waals surface area contributed by atoms with Gasteiger partial charge in [-0.1, -0.05) is 42.5 Å². The molecule has 0 bridgehead atoms. The van der Waals surface area contributed by atoms with Crippen molar-refractivity contribution in [3.63, 3.8) is 0 Å². The van der Waals surface area contributed by atoms with Gasteiger partial charge in [-0.15, -0.1) is 0 Å². The molecule has 3 heteroatoms. The highest BCUT2D eigenvalue weighted by Gasteiger charge is 2.09. The summed E-state index contributed by atoms with van der Waals surface area (Å²) in [4.78, 5) is 3.01. The van der Waals surface area contributed by atoms with Crippen LogP contribution in [0.15, 0.2) is 72.9 Å². The van der Waals surface area contributed by atoms with E-state index in [0.29, 0.717) is 5.56 Å². The molecule has 112 valence electrons. The number of hydrogen-bond acceptors (Lipinski definition) is 1. The number of nitrogens with one attached hydrogen (secondary N) is 1. The van der Waals surface area contributed by atoms with Crippen molar-refractivity contribution in [3.8, 4) is 28.0 Å². The zero-order chi connectivity index (χ0) is 15.8. The number of fused-ring (bicyclic) bond motifs is 1. The molecule has 2 N–H and O–H groups in total. The van der Waals surface area contributed by atoms with Crippen molar-refractivity contribution < 1.29 is 9.50 Å². The number of aromatic hydroxyl groups is 1. The Bertz CT molecular complexity index is 986. The summed E-state index contributed by atoms with van der Waals surface area (Å²) in [5, 5.41) is 10.9. The molecule has 1 aromatic heterocycles. The molecule has 0 saturated carbocycles. The largest absolute Gasteiger partial charge is 0.507 e. The van der Waals surface area contributed by atoms with Crippen molar-refractivity contribution in [2.24, 2.45) is 0 Å². The highest BCUT2D eigenvalue weighted by molar-refractivity contribution is 5.86. The molecule has 3 aromatic carbocycles. The van der Waals surface area contributed by atoms with Crippen LogP contribution in [0.3, 0.4) is 0 Å². The monoisotopic (exact) mass is 303 g/mol. The summed E-state index contributed by atoms with van der Waals surface area (Å²) in [6.07, 6.45) is 1.80. The van der Waals surface area contributed by atoms with Crippen LogP contribution >= 0.6 is 0 Å². The maximum absolute atomic E-state index is 14.3. The molecular weight excluding hydrogens is 289 g/mol.